The second-order valence-corrected chi connectivity index (χ2v) is 5.26. The fraction of sp³-hybridized carbons (Fsp3) is 0.214. The SMILES string of the molecule is O=C(N[C@H]1C[C@H]1c1ccccc1)c1cccs1. The van der Waals surface area contributed by atoms with Crippen LogP contribution in [0.25, 0.3) is 0 Å². The van der Waals surface area contributed by atoms with E-state index in [1.165, 1.54) is 16.9 Å². The second kappa shape index (κ2) is 4.34. The molecule has 2 nitrogen and oxygen atoms in total. The Kier molecular flexibility index (Phi) is 2.69. The summed E-state index contributed by atoms with van der Waals surface area (Å²) in [5.41, 5.74) is 1.32. The van der Waals surface area contributed by atoms with E-state index >= 15 is 0 Å². The van der Waals surface area contributed by atoms with Gasteiger partial charge in [-0.05, 0) is 23.4 Å². The maximum Gasteiger partial charge on any atom is 0.261 e. The fourth-order valence-corrected chi connectivity index (χ4v) is 2.70. The van der Waals surface area contributed by atoms with Gasteiger partial charge in [0.15, 0.2) is 0 Å². The summed E-state index contributed by atoms with van der Waals surface area (Å²) >= 11 is 1.49. The summed E-state index contributed by atoms with van der Waals surface area (Å²) in [6.07, 6.45) is 1.06. The Hall–Kier alpha value is -1.61. The van der Waals surface area contributed by atoms with Crippen molar-refractivity contribution >= 4 is 17.2 Å². The lowest BCUT2D eigenvalue weighted by atomic mass is 10.1. The van der Waals surface area contributed by atoms with Crippen molar-refractivity contribution < 1.29 is 4.79 Å². The molecule has 17 heavy (non-hydrogen) atoms. The standard InChI is InChI=1S/C14H13NOS/c16-14(13-7-4-8-17-13)15-12-9-11(12)10-5-2-1-3-6-10/h1-8,11-12H,9H2,(H,15,16)/t11-,12-/m0/s1. The molecule has 0 saturated heterocycles. The van der Waals surface area contributed by atoms with Gasteiger partial charge < -0.3 is 5.32 Å². The summed E-state index contributed by atoms with van der Waals surface area (Å²) in [7, 11) is 0. The van der Waals surface area contributed by atoms with E-state index in [2.05, 4.69) is 17.4 Å². The van der Waals surface area contributed by atoms with Crippen molar-refractivity contribution in [2.45, 2.75) is 18.4 Å². The number of amides is 1. The van der Waals surface area contributed by atoms with Crippen LogP contribution in [0.4, 0.5) is 0 Å². The maximum atomic E-state index is 11.8. The topological polar surface area (TPSA) is 29.1 Å². The summed E-state index contributed by atoms with van der Waals surface area (Å²) in [6.45, 7) is 0. The third-order valence-electron chi connectivity index (χ3n) is 3.08. The Labute approximate surface area is 104 Å². The lowest BCUT2D eigenvalue weighted by Gasteiger charge is -2.02. The summed E-state index contributed by atoms with van der Waals surface area (Å²) in [5.74, 6) is 0.559. The third-order valence-corrected chi connectivity index (χ3v) is 3.95. The van der Waals surface area contributed by atoms with Crippen molar-refractivity contribution in [1.82, 2.24) is 5.32 Å². The molecule has 2 atom stereocenters. The molecule has 1 amide bonds. The van der Waals surface area contributed by atoms with Crippen molar-refractivity contribution in [1.29, 1.82) is 0 Å². The highest BCUT2D eigenvalue weighted by molar-refractivity contribution is 7.12. The molecule has 0 bridgehead atoms. The van der Waals surface area contributed by atoms with E-state index in [1.54, 1.807) is 0 Å². The van der Waals surface area contributed by atoms with Crippen LogP contribution in [0.2, 0.25) is 0 Å². The number of carbonyl (C=O) groups is 1. The minimum absolute atomic E-state index is 0.0587. The molecule has 1 N–H and O–H groups in total. The highest BCUT2D eigenvalue weighted by atomic mass is 32.1. The number of benzene rings is 1. The molecule has 1 aromatic carbocycles. The first-order valence-electron chi connectivity index (χ1n) is 5.74. The number of hydrogen-bond acceptors (Lipinski definition) is 2. The van der Waals surface area contributed by atoms with Crippen LogP contribution in [0, 0.1) is 0 Å². The van der Waals surface area contributed by atoms with Gasteiger partial charge in [0, 0.05) is 12.0 Å². The average molecular weight is 243 g/mol. The van der Waals surface area contributed by atoms with Crippen molar-refractivity contribution in [3.63, 3.8) is 0 Å². The molecule has 1 aromatic heterocycles. The monoisotopic (exact) mass is 243 g/mol. The van der Waals surface area contributed by atoms with E-state index in [-0.39, 0.29) is 5.91 Å². The molecule has 2 aromatic rings. The van der Waals surface area contributed by atoms with Crippen LogP contribution in [-0.4, -0.2) is 11.9 Å². The van der Waals surface area contributed by atoms with Crippen LogP contribution in [0.5, 0.6) is 0 Å². The van der Waals surface area contributed by atoms with Crippen molar-refractivity contribution in [3.05, 3.63) is 58.3 Å². The van der Waals surface area contributed by atoms with Gasteiger partial charge >= 0.3 is 0 Å². The highest BCUT2D eigenvalue weighted by Gasteiger charge is 2.39. The van der Waals surface area contributed by atoms with Gasteiger partial charge in [-0.15, -0.1) is 11.3 Å². The van der Waals surface area contributed by atoms with Gasteiger partial charge in [0.1, 0.15) is 0 Å². The number of nitrogens with one attached hydrogen (secondary N) is 1. The smallest absolute Gasteiger partial charge is 0.261 e. The first kappa shape index (κ1) is 10.5. The van der Waals surface area contributed by atoms with Crippen molar-refractivity contribution in [2.24, 2.45) is 0 Å². The quantitative estimate of drug-likeness (QED) is 0.882. The Bertz CT molecular complexity index is 506. The summed E-state index contributed by atoms with van der Waals surface area (Å²) < 4.78 is 0. The molecule has 1 aliphatic carbocycles. The van der Waals surface area contributed by atoms with E-state index in [0.29, 0.717) is 12.0 Å². The normalized spacial score (nSPS) is 22.1. The van der Waals surface area contributed by atoms with Gasteiger partial charge in [0.2, 0.25) is 0 Å². The molecule has 1 saturated carbocycles. The molecule has 1 aliphatic rings. The van der Waals surface area contributed by atoms with Gasteiger partial charge in [-0.25, -0.2) is 0 Å². The third kappa shape index (κ3) is 2.24. The number of carbonyl (C=O) groups excluding carboxylic acids is 1. The molecule has 0 unspecified atom stereocenters. The maximum absolute atomic E-state index is 11.8. The predicted octanol–water partition coefficient (Wildman–Crippen LogP) is 3.03. The zero-order valence-corrected chi connectivity index (χ0v) is 10.1. The molecular weight excluding hydrogens is 230 g/mol. The lowest BCUT2D eigenvalue weighted by molar-refractivity contribution is 0.0954. The largest absolute Gasteiger partial charge is 0.348 e. The van der Waals surface area contributed by atoms with Gasteiger partial charge in [-0.3, -0.25) is 4.79 Å². The number of hydrogen-bond donors (Lipinski definition) is 1. The lowest BCUT2D eigenvalue weighted by Crippen LogP contribution is -2.25. The Morgan fingerprint density at radius 3 is 2.71 bits per heavy atom. The number of rotatable bonds is 3. The summed E-state index contributed by atoms with van der Waals surface area (Å²) in [6, 6.07) is 14.4. The molecular formula is C14H13NOS. The summed E-state index contributed by atoms with van der Waals surface area (Å²) in [5, 5.41) is 5.00. The van der Waals surface area contributed by atoms with Crippen LogP contribution in [-0.2, 0) is 0 Å². The van der Waals surface area contributed by atoms with Crippen molar-refractivity contribution in [2.75, 3.05) is 0 Å². The van der Waals surface area contributed by atoms with E-state index < -0.39 is 0 Å². The number of thiophene rings is 1. The van der Waals surface area contributed by atoms with Crippen LogP contribution in [0.15, 0.2) is 47.8 Å². The van der Waals surface area contributed by atoms with E-state index in [0.717, 1.165) is 11.3 Å². The Morgan fingerprint density at radius 1 is 1.18 bits per heavy atom. The first-order valence-corrected chi connectivity index (χ1v) is 6.62. The van der Waals surface area contributed by atoms with E-state index in [4.69, 9.17) is 0 Å². The molecule has 3 heteroatoms. The van der Waals surface area contributed by atoms with Gasteiger partial charge in [-0.2, -0.15) is 0 Å². The first-order chi connectivity index (χ1) is 8.34. The molecule has 0 radical (unpaired) electrons. The predicted molar refractivity (Wildman–Crippen MR) is 69.4 cm³/mol. The molecule has 3 rings (SSSR count). The van der Waals surface area contributed by atoms with Gasteiger partial charge in [-0.1, -0.05) is 36.4 Å². The molecule has 1 heterocycles. The Morgan fingerprint density at radius 2 is 2.00 bits per heavy atom. The average Bonchev–Trinajstić information content (AvgIpc) is 2.92. The van der Waals surface area contributed by atoms with E-state index in [9.17, 15) is 4.79 Å². The highest BCUT2D eigenvalue weighted by Crippen LogP contribution is 2.40. The van der Waals surface area contributed by atoms with Gasteiger partial charge in [0.25, 0.3) is 5.91 Å². The summed E-state index contributed by atoms with van der Waals surface area (Å²) in [4.78, 5) is 12.6. The second-order valence-electron chi connectivity index (χ2n) is 4.31. The molecule has 1 fully saturated rings. The zero-order valence-electron chi connectivity index (χ0n) is 9.30. The van der Waals surface area contributed by atoms with Crippen LogP contribution in [0.3, 0.4) is 0 Å². The minimum Gasteiger partial charge on any atom is -0.348 e. The molecule has 0 spiro atoms. The van der Waals surface area contributed by atoms with Crippen LogP contribution >= 0.6 is 11.3 Å². The van der Waals surface area contributed by atoms with Crippen LogP contribution < -0.4 is 5.32 Å². The molecule has 86 valence electrons. The molecule has 0 aliphatic heterocycles. The Balaban J connectivity index is 1.61. The van der Waals surface area contributed by atoms with Crippen molar-refractivity contribution in [3.8, 4) is 0 Å². The van der Waals surface area contributed by atoms with Crippen LogP contribution in [0.1, 0.15) is 27.6 Å². The minimum atomic E-state index is 0.0587. The van der Waals surface area contributed by atoms with E-state index in [1.807, 2.05) is 35.7 Å². The van der Waals surface area contributed by atoms with Gasteiger partial charge in [0.05, 0.1) is 4.88 Å². The zero-order chi connectivity index (χ0) is 11.7. The fourth-order valence-electron chi connectivity index (χ4n) is 2.07.